The third kappa shape index (κ3) is 3.78. The summed E-state index contributed by atoms with van der Waals surface area (Å²) in [5, 5.41) is 0. The van der Waals surface area contributed by atoms with Gasteiger partial charge in [-0.3, -0.25) is 0 Å². The van der Waals surface area contributed by atoms with Crippen molar-refractivity contribution in [2.24, 2.45) is 0 Å². The fraction of sp³-hybridized carbons (Fsp3) is 0.385. The van der Waals surface area contributed by atoms with E-state index in [1.54, 1.807) is 14.2 Å². The molecule has 0 aromatic heterocycles. The molecule has 0 atom stereocenters. The minimum Gasteiger partial charge on any atom is -0.377 e. The lowest BCUT2D eigenvalue weighted by Crippen LogP contribution is -2.42. The molecule has 1 aromatic carbocycles. The summed E-state index contributed by atoms with van der Waals surface area (Å²) in [6.45, 7) is 6.25. The molecule has 0 aliphatic carbocycles. The van der Waals surface area contributed by atoms with E-state index in [-0.39, 0.29) is 0 Å². The lowest BCUT2D eigenvalue weighted by molar-refractivity contribution is 0.0927. The average Bonchev–Trinajstić information content (AvgIpc) is 2.41. The Bertz CT molecular complexity index is 336. The number of benzene rings is 1. The monoisotopic (exact) mass is 252 g/mol. The molecule has 1 rings (SSSR count). The molecule has 4 heteroatoms. The van der Waals surface area contributed by atoms with Crippen LogP contribution in [-0.4, -0.2) is 23.0 Å². The highest BCUT2D eigenvalue weighted by atomic mass is 28.4. The molecule has 0 N–H and O–H groups in total. The van der Waals surface area contributed by atoms with Gasteiger partial charge >= 0.3 is 8.80 Å². The van der Waals surface area contributed by atoms with Gasteiger partial charge in [-0.15, -0.1) is 0 Å². The Morgan fingerprint density at radius 1 is 1.18 bits per heavy atom. The third-order valence-electron chi connectivity index (χ3n) is 2.73. The van der Waals surface area contributed by atoms with E-state index >= 15 is 0 Å². The highest BCUT2D eigenvalue weighted by Crippen LogP contribution is 2.16. The quantitative estimate of drug-likeness (QED) is 0.698. The summed E-state index contributed by atoms with van der Waals surface area (Å²) in [4.78, 5) is 0. The van der Waals surface area contributed by atoms with Crippen molar-refractivity contribution in [3.8, 4) is 0 Å². The van der Waals surface area contributed by atoms with Gasteiger partial charge in [0.05, 0.1) is 6.61 Å². The maximum Gasteiger partial charge on any atom is 0.500 e. The Morgan fingerprint density at radius 3 is 2.18 bits per heavy atom. The van der Waals surface area contributed by atoms with Gasteiger partial charge in [0.15, 0.2) is 0 Å². The molecule has 0 aliphatic rings. The predicted molar refractivity (Wildman–Crippen MR) is 71.6 cm³/mol. The van der Waals surface area contributed by atoms with Gasteiger partial charge in [0, 0.05) is 20.3 Å². The van der Waals surface area contributed by atoms with Crippen molar-refractivity contribution in [1.29, 1.82) is 0 Å². The highest BCUT2D eigenvalue weighted by Gasteiger charge is 2.36. The van der Waals surface area contributed by atoms with Crippen LogP contribution in [0, 0.1) is 0 Å². The average molecular weight is 252 g/mol. The van der Waals surface area contributed by atoms with Crippen molar-refractivity contribution in [2.45, 2.75) is 19.6 Å². The normalized spacial score (nSPS) is 11.5. The third-order valence-corrected chi connectivity index (χ3v) is 5.42. The molecule has 0 heterocycles. The van der Waals surface area contributed by atoms with Crippen molar-refractivity contribution >= 4 is 14.9 Å². The first-order valence-electron chi connectivity index (χ1n) is 5.65. The van der Waals surface area contributed by atoms with Crippen LogP contribution >= 0.6 is 0 Å². The number of hydrogen-bond donors (Lipinski definition) is 0. The molecule has 0 unspecified atom stereocenters. The molecular formula is C13H20O3Si. The maximum atomic E-state index is 5.81. The minimum absolute atomic E-state index is 0.513. The molecule has 94 valence electrons. The van der Waals surface area contributed by atoms with Crippen LogP contribution in [0.3, 0.4) is 0 Å². The van der Waals surface area contributed by atoms with Gasteiger partial charge in [0.25, 0.3) is 0 Å². The molecule has 0 bridgehead atoms. The summed E-state index contributed by atoms with van der Waals surface area (Å²) in [5.74, 6) is 0. The van der Waals surface area contributed by atoms with Crippen LogP contribution in [0.2, 0.25) is 6.04 Å². The molecule has 0 radical (unpaired) electrons. The fourth-order valence-corrected chi connectivity index (χ4v) is 3.11. The van der Waals surface area contributed by atoms with E-state index in [9.17, 15) is 0 Å². The zero-order valence-corrected chi connectivity index (χ0v) is 11.7. The predicted octanol–water partition coefficient (Wildman–Crippen LogP) is 3.10. The van der Waals surface area contributed by atoms with Crippen LogP contribution in [0.5, 0.6) is 0 Å². The summed E-state index contributed by atoms with van der Waals surface area (Å²) in [6.07, 6.45) is 1.82. The van der Waals surface area contributed by atoms with Crippen molar-refractivity contribution in [1.82, 2.24) is 0 Å². The first-order valence-corrected chi connectivity index (χ1v) is 7.58. The lowest BCUT2D eigenvalue weighted by atomic mass is 10.1. The van der Waals surface area contributed by atoms with Crippen molar-refractivity contribution in [2.75, 3.05) is 14.2 Å². The molecule has 0 spiro atoms. The van der Waals surface area contributed by atoms with Gasteiger partial charge in [-0.25, -0.2) is 0 Å². The molecule has 1 aromatic rings. The molecule has 0 saturated carbocycles. The molecule has 0 aliphatic heterocycles. The first kappa shape index (κ1) is 14.1. The molecule has 0 fully saturated rings. The highest BCUT2D eigenvalue weighted by molar-refractivity contribution is 6.60. The molecule has 3 nitrogen and oxygen atoms in total. The molecule has 0 saturated heterocycles. The van der Waals surface area contributed by atoms with Crippen LogP contribution in [0.1, 0.15) is 18.1 Å². The van der Waals surface area contributed by atoms with Gasteiger partial charge in [0.2, 0.25) is 0 Å². The van der Waals surface area contributed by atoms with Crippen LogP contribution < -0.4 is 0 Å². The van der Waals surface area contributed by atoms with E-state index in [0.29, 0.717) is 6.61 Å². The second-order valence-corrected chi connectivity index (χ2v) is 6.86. The number of hydrogen-bond acceptors (Lipinski definition) is 3. The SMILES string of the molecule is C=Cc1ccc(CO[Si](CC)(OC)OC)cc1. The van der Waals surface area contributed by atoms with E-state index < -0.39 is 8.80 Å². The smallest absolute Gasteiger partial charge is 0.377 e. The topological polar surface area (TPSA) is 27.7 Å². The van der Waals surface area contributed by atoms with Crippen LogP contribution in [0.15, 0.2) is 30.8 Å². The van der Waals surface area contributed by atoms with Gasteiger partial charge in [-0.05, 0) is 11.1 Å². The van der Waals surface area contributed by atoms with E-state index in [1.165, 1.54) is 0 Å². The minimum atomic E-state index is -2.44. The summed E-state index contributed by atoms with van der Waals surface area (Å²) in [6, 6.07) is 8.85. The number of rotatable bonds is 7. The summed E-state index contributed by atoms with van der Waals surface area (Å²) >= 11 is 0. The Labute approximate surface area is 104 Å². The van der Waals surface area contributed by atoms with Crippen LogP contribution in [-0.2, 0) is 19.9 Å². The Morgan fingerprint density at radius 2 is 1.76 bits per heavy atom. The Hall–Kier alpha value is -0.943. The first-order chi connectivity index (χ1) is 8.19. The van der Waals surface area contributed by atoms with E-state index in [0.717, 1.165) is 17.2 Å². The van der Waals surface area contributed by atoms with Gasteiger partial charge in [-0.2, -0.15) is 0 Å². The second-order valence-electron chi connectivity index (χ2n) is 3.68. The molecule has 0 amide bonds. The standard InChI is InChI=1S/C13H20O3Si/c1-5-12-7-9-13(10-8-12)11-16-17(6-2,14-3)15-4/h5,7-10H,1,6,11H2,2-4H3. The second kappa shape index (κ2) is 6.71. The Balaban J connectivity index is 2.62. The van der Waals surface area contributed by atoms with Crippen molar-refractivity contribution in [3.05, 3.63) is 42.0 Å². The largest absolute Gasteiger partial charge is 0.500 e. The summed E-state index contributed by atoms with van der Waals surface area (Å²) < 4.78 is 16.6. The summed E-state index contributed by atoms with van der Waals surface area (Å²) in [5.41, 5.74) is 2.21. The Kier molecular flexibility index (Phi) is 5.57. The maximum absolute atomic E-state index is 5.81. The van der Waals surface area contributed by atoms with E-state index in [1.807, 2.05) is 37.3 Å². The van der Waals surface area contributed by atoms with Crippen molar-refractivity contribution in [3.63, 3.8) is 0 Å². The zero-order chi connectivity index (χ0) is 12.7. The molecular weight excluding hydrogens is 232 g/mol. The van der Waals surface area contributed by atoms with Gasteiger partial charge in [-0.1, -0.05) is 43.8 Å². The van der Waals surface area contributed by atoms with E-state index in [4.69, 9.17) is 13.3 Å². The van der Waals surface area contributed by atoms with Crippen molar-refractivity contribution < 1.29 is 13.3 Å². The zero-order valence-electron chi connectivity index (χ0n) is 10.7. The lowest BCUT2D eigenvalue weighted by Gasteiger charge is -2.25. The fourth-order valence-electron chi connectivity index (χ4n) is 1.54. The van der Waals surface area contributed by atoms with E-state index in [2.05, 4.69) is 6.58 Å². The summed E-state index contributed by atoms with van der Waals surface area (Å²) in [7, 11) is 0.836. The molecule has 17 heavy (non-hydrogen) atoms. The van der Waals surface area contributed by atoms with Crippen LogP contribution in [0.4, 0.5) is 0 Å². The van der Waals surface area contributed by atoms with Gasteiger partial charge < -0.3 is 13.3 Å². The van der Waals surface area contributed by atoms with Crippen LogP contribution in [0.25, 0.3) is 6.08 Å². The van der Waals surface area contributed by atoms with Gasteiger partial charge in [0.1, 0.15) is 0 Å².